The first-order valence-corrected chi connectivity index (χ1v) is 7.99. The molecule has 0 amide bonds. The zero-order valence-corrected chi connectivity index (χ0v) is 14.5. The van der Waals surface area contributed by atoms with Crippen LogP contribution in [0.1, 0.15) is 50.9 Å². The third-order valence-electron chi connectivity index (χ3n) is 4.25. The van der Waals surface area contributed by atoms with Crippen LogP contribution in [0.5, 0.6) is 0 Å². The van der Waals surface area contributed by atoms with Gasteiger partial charge in [-0.15, -0.1) is 10.2 Å². The molecule has 1 N–H and O–H groups in total. The Labute approximate surface area is 141 Å². The molecule has 1 fully saturated rings. The Balaban J connectivity index is 0.000000175. The Morgan fingerprint density at radius 3 is 2.50 bits per heavy atom. The zero-order valence-electron chi connectivity index (χ0n) is 14.5. The highest BCUT2D eigenvalue weighted by atomic mass is 16.6. The number of non-ortho nitro benzene ring substituents is 1. The second kappa shape index (κ2) is 7.09. The monoisotopic (exact) mass is 332 g/mol. The van der Waals surface area contributed by atoms with Gasteiger partial charge in [-0.05, 0) is 38.2 Å². The Kier molecular flexibility index (Phi) is 5.33. The van der Waals surface area contributed by atoms with Crippen LogP contribution < -0.4 is 0 Å². The Morgan fingerprint density at radius 2 is 2.04 bits per heavy atom. The van der Waals surface area contributed by atoms with Gasteiger partial charge < -0.3 is 9.67 Å². The lowest BCUT2D eigenvalue weighted by Crippen LogP contribution is -2.21. The molecule has 7 nitrogen and oxygen atoms in total. The van der Waals surface area contributed by atoms with Gasteiger partial charge in [0.15, 0.2) is 0 Å². The van der Waals surface area contributed by atoms with Gasteiger partial charge >= 0.3 is 0 Å². The molecule has 1 aliphatic rings. The third kappa shape index (κ3) is 4.38. The van der Waals surface area contributed by atoms with Crippen LogP contribution in [0.25, 0.3) is 0 Å². The molecule has 0 atom stereocenters. The van der Waals surface area contributed by atoms with Crippen molar-refractivity contribution < 1.29 is 10.0 Å². The van der Waals surface area contributed by atoms with Gasteiger partial charge in [0.2, 0.25) is 0 Å². The molecule has 1 aliphatic carbocycles. The standard InChI is InChI=1S/C9H11NO3.C8H13N3/c1-9(2,11)7-4-3-5-8(6-7)10(12)13;1-6-3-7(4-6)8-10-9-5-11(8)2/h3-6,11H,1-2H3;5-7H,3-4H2,1-2H3. The SMILES string of the molecule is CC(C)(O)c1cccc([N+](=O)[O-])c1.CC1CC(c2nncn2C)C1. The van der Waals surface area contributed by atoms with Gasteiger partial charge in [0.1, 0.15) is 12.2 Å². The molecule has 1 saturated carbocycles. The average molecular weight is 332 g/mol. The van der Waals surface area contributed by atoms with Gasteiger partial charge in [-0.25, -0.2) is 0 Å². The highest BCUT2D eigenvalue weighted by Gasteiger charge is 2.29. The average Bonchev–Trinajstić information content (AvgIpc) is 2.90. The number of benzene rings is 1. The first-order chi connectivity index (χ1) is 11.2. The van der Waals surface area contributed by atoms with Crippen molar-refractivity contribution in [1.82, 2.24) is 14.8 Å². The van der Waals surface area contributed by atoms with Gasteiger partial charge in [0.25, 0.3) is 5.69 Å². The maximum Gasteiger partial charge on any atom is 0.269 e. The first kappa shape index (κ1) is 18.1. The Bertz CT molecular complexity index is 700. The van der Waals surface area contributed by atoms with Crippen LogP contribution in [-0.4, -0.2) is 24.8 Å². The van der Waals surface area contributed by atoms with E-state index in [0.717, 1.165) is 11.7 Å². The highest BCUT2D eigenvalue weighted by molar-refractivity contribution is 5.36. The van der Waals surface area contributed by atoms with Crippen LogP contribution in [0.4, 0.5) is 5.69 Å². The van der Waals surface area contributed by atoms with E-state index < -0.39 is 10.5 Å². The van der Waals surface area contributed by atoms with E-state index in [-0.39, 0.29) is 5.69 Å². The lowest BCUT2D eigenvalue weighted by Gasteiger charge is -2.31. The number of hydrogen-bond acceptors (Lipinski definition) is 5. The molecule has 0 saturated heterocycles. The van der Waals surface area contributed by atoms with Crippen LogP contribution >= 0.6 is 0 Å². The summed E-state index contributed by atoms with van der Waals surface area (Å²) in [4.78, 5) is 9.93. The van der Waals surface area contributed by atoms with Crippen LogP contribution in [-0.2, 0) is 12.6 Å². The molecule has 24 heavy (non-hydrogen) atoms. The van der Waals surface area contributed by atoms with Crippen molar-refractivity contribution >= 4 is 5.69 Å². The fourth-order valence-corrected chi connectivity index (χ4v) is 2.77. The minimum atomic E-state index is -1.04. The van der Waals surface area contributed by atoms with Crippen molar-refractivity contribution in [1.29, 1.82) is 0 Å². The van der Waals surface area contributed by atoms with Gasteiger partial charge in [0, 0.05) is 25.1 Å². The van der Waals surface area contributed by atoms with Crippen molar-refractivity contribution in [2.24, 2.45) is 13.0 Å². The molecule has 2 aromatic rings. The summed E-state index contributed by atoms with van der Waals surface area (Å²) >= 11 is 0. The molecule has 0 unspecified atom stereocenters. The minimum Gasteiger partial charge on any atom is -0.386 e. The number of nitrogens with zero attached hydrogens (tertiary/aromatic N) is 4. The largest absolute Gasteiger partial charge is 0.386 e. The highest BCUT2D eigenvalue weighted by Crippen LogP contribution is 2.39. The molecule has 1 aromatic carbocycles. The lowest BCUT2D eigenvalue weighted by molar-refractivity contribution is -0.385. The number of nitro groups is 1. The molecule has 130 valence electrons. The van der Waals surface area contributed by atoms with Crippen molar-refractivity contribution in [3.63, 3.8) is 0 Å². The predicted molar refractivity (Wildman–Crippen MR) is 90.5 cm³/mol. The van der Waals surface area contributed by atoms with E-state index in [4.69, 9.17) is 0 Å². The first-order valence-electron chi connectivity index (χ1n) is 7.99. The number of aryl methyl sites for hydroxylation is 1. The number of nitro benzene ring substituents is 1. The van der Waals surface area contributed by atoms with Gasteiger partial charge in [0.05, 0.1) is 10.5 Å². The van der Waals surface area contributed by atoms with Gasteiger partial charge in [-0.3, -0.25) is 10.1 Å². The summed E-state index contributed by atoms with van der Waals surface area (Å²) in [5.74, 6) is 2.72. The quantitative estimate of drug-likeness (QED) is 0.688. The summed E-state index contributed by atoms with van der Waals surface area (Å²) < 4.78 is 2.02. The fraction of sp³-hybridized carbons (Fsp3) is 0.529. The smallest absolute Gasteiger partial charge is 0.269 e. The van der Waals surface area contributed by atoms with E-state index in [1.54, 1.807) is 32.3 Å². The predicted octanol–water partition coefficient (Wildman–Crippen LogP) is 3.15. The molecule has 0 spiro atoms. The van der Waals surface area contributed by atoms with Crippen LogP contribution in [0.3, 0.4) is 0 Å². The summed E-state index contributed by atoms with van der Waals surface area (Å²) in [6, 6.07) is 5.99. The number of aromatic nitrogens is 3. The molecular weight excluding hydrogens is 308 g/mol. The summed E-state index contributed by atoms with van der Waals surface area (Å²) in [7, 11) is 2.01. The van der Waals surface area contributed by atoms with Gasteiger partial charge in [-0.2, -0.15) is 0 Å². The van der Waals surface area contributed by atoms with E-state index >= 15 is 0 Å². The van der Waals surface area contributed by atoms with E-state index in [0.29, 0.717) is 11.5 Å². The fourth-order valence-electron chi connectivity index (χ4n) is 2.77. The Morgan fingerprint density at radius 1 is 1.38 bits per heavy atom. The Hall–Kier alpha value is -2.28. The molecular formula is C17H24N4O3. The number of hydrogen-bond donors (Lipinski definition) is 1. The number of rotatable bonds is 3. The summed E-state index contributed by atoms with van der Waals surface area (Å²) in [6.07, 6.45) is 4.34. The lowest BCUT2D eigenvalue weighted by atomic mass is 9.76. The molecule has 3 rings (SSSR count). The normalized spacial score (nSPS) is 19.9. The second-order valence-electron chi connectivity index (χ2n) is 6.94. The molecule has 0 radical (unpaired) electrons. The minimum absolute atomic E-state index is 0.000347. The molecule has 0 aliphatic heterocycles. The van der Waals surface area contributed by atoms with Crippen molar-refractivity contribution in [3.05, 3.63) is 52.1 Å². The maximum atomic E-state index is 10.4. The maximum absolute atomic E-state index is 10.4. The van der Waals surface area contributed by atoms with E-state index in [1.165, 1.54) is 25.0 Å². The van der Waals surface area contributed by atoms with Crippen LogP contribution in [0, 0.1) is 16.0 Å². The third-order valence-corrected chi connectivity index (χ3v) is 4.25. The summed E-state index contributed by atoms with van der Waals surface area (Å²) in [5, 5.41) is 27.9. The van der Waals surface area contributed by atoms with Gasteiger partial charge in [-0.1, -0.05) is 19.1 Å². The van der Waals surface area contributed by atoms with Crippen LogP contribution in [0.15, 0.2) is 30.6 Å². The van der Waals surface area contributed by atoms with Crippen molar-refractivity contribution in [2.75, 3.05) is 0 Å². The van der Waals surface area contributed by atoms with Crippen LogP contribution in [0.2, 0.25) is 0 Å². The second-order valence-corrected chi connectivity index (χ2v) is 6.94. The van der Waals surface area contributed by atoms with E-state index in [2.05, 4.69) is 17.1 Å². The van der Waals surface area contributed by atoms with Crippen molar-refractivity contribution in [2.45, 2.75) is 45.1 Å². The molecule has 1 aromatic heterocycles. The summed E-state index contributed by atoms with van der Waals surface area (Å²) in [5.41, 5.74) is -0.493. The summed E-state index contributed by atoms with van der Waals surface area (Å²) in [6.45, 7) is 5.46. The molecule has 7 heteroatoms. The number of aliphatic hydroxyl groups is 1. The van der Waals surface area contributed by atoms with E-state index in [1.807, 2.05) is 11.6 Å². The van der Waals surface area contributed by atoms with E-state index in [9.17, 15) is 15.2 Å². The molecule has 1 heterocycles. The molecule has 0 bridgehead atoms. The van der Waals surface area contributed by atoms with Crippen molar-refractivity contribution in [3.8, 4) is 0 Å². The zero-order chi connectivity index (χ0) is 17.9. The topological polar surface area (TPSA) is 94.1 Å².